The molecule has 1 aromatic heterocycles. The van der Waals surface area contributed by atoms with Crippen molar-refractivity contribution in [3.8, 4) is 5.75 Å². The largest absolute Gasteiger partial charge is 0.435 e. The standard InChI is InChI=1S/C12H12F2N4O2S2/c13-10(14)20-8-3-1-7(2-4-8)5-16-9(19)6-21-12-18-17-11(15)22-12/h1-4,10H,5-6H2,(H2,15,17)(H,16,19). The molecule has 1 aromatic carbocycles. The lowest BCUT2D eigenvalue weighted by Gasteiger charge is -2.07. The molecule has 22 heavy (non-hydrogen) atoms. The Morgan fingerprint density at radius 1 is 1.36 bits per heavy atom. The van der Waals surface area contributed by atoms with E-state index in [0.717, 1.165) is 5.56 Å². The van der Waals surface area contributed by atoms with Crippen molar-refractivity contribution in [2.45, 2.75) is 17.5 Å². The molecule has 0 aliphatic heterocycles. The number of benzene rings is 1. The van der Waals surface area contributed by atoms with Crippen LogP contribution in [-0.2, 0) is 11.3 Å². The van der Waals surface area contributed by atoms with E-state index in [1.165, 1.54) is 35.2 Å². The summed E-state index contributed by atoms with van der Waals surface area (Å²) in [5, 5.41) is 10.5. The van der Waals surface area contributed by atoms with E-state index in [0.29, 0.717) is 16.0 Å². The summed E-state index contributed by atoms with van der Waals surface area (Å²) in [6.07, 6.45) is 0. The molecule has 6 nitrogen and oxygen atoms in total. The summed E-state index contributed by atoms with van der Waals surface area (Å²) in [4.78, 5) is 11.7. The Labute approximate surface area is 133 Å². The number of anilines is 1. The minimum atomic E-state index is -2.85. The van der Waals surface area contributed by atoms with Crippen molar-refractivity contribution in [3.63, 3.8) is 0 Å². The summed E-state index contributed by atoms with van der Waals surface area (Å²) in [6, 6.07) is 6.06. The zero-order chi connectivity index (χ0) is 15.9. The average Bonchev–Trinajstić information content (AvgIpc) is 2.89. The van der Waals surface area contributed by atoms with E-state index < -0.39 is 6.61 Å². The lowest BCUT2D eigenvalue weighted by molar-refractivity contribution is -0.118. The fraction of sp³-hybridized carbons (Fsp3) is 0.250. The van der Waals surface area contributed by atoms with Gasteiger partial charge >= 0.3 is 6.61 Å². The van der Waals surface area contributed by atoms with Gasteiger partial charge in [0.05, 0.1) is 5.75 Å². The molecule has 0 unspecified atom stereocenters. The third-order valence-corrected chi connectivity index (χ3v) is 4.27. The third-order valence-electron chi connectivity index (χ3n) is 2.39. The number of nitrogen functional groups attached to an aromatic ring is 1. The Hall–Kier alpha value is -1.94. The van der Waals surface area contributed by atoms with Gasteiger partial charge in [0.2, 0.25) is 11.0 Å². The molecule has 0 aliphatic rings. The third kappa shape index (κ3) is 5.45. The van der Waals surface area contributed by atoms with Gasteiger partial charge in [0.15, 0.2) is 4.34 Å². The Balaban J connectivity index is 1.73. The molecule has 118 valence electrons. The highest BCUT2D eigenvalue weighted by Gasteiger charge is 2.07. The van der Waals surface area contributed by atoms with Crippen LogP contribution in [0.4, 0.5) is 13.9 Å². The average molecular weight is 346 g/mol. The van der Waals surface area contributed by atoms with Gasteiger partial charge < -0.3 is 15.8 Å². The molecule has 0 atom stereocenters. The number of nitrogens with one attached hydrogen (secondary N) is 1. The highest BCUT2D eigenvalue weighted by Crippen LogP contribution is 2.23. The molecule has 0 bridgehead atoms. The number of ether oxygens (including phenoxy) is 1. The highest BCUT2D eigenvalue weighted by molar-refractivity contribution is 8.01. The van der Waals surface area contributed by atoms with Crippen molar-refractivity contribution in [3.05, 3.63) is 29.8 Å². The number of halogens is 2. The van der Waals surface area contributed by atoms with Gasteiger partial charge in [0.1, 0.15) is 5.75 Å². The molecular formula is C12H12F2N4O2S2. The summed E-state index contributed by atoms with van der Waals surface area (Å²) < 4.78 is 28.9. The maximum absolute atomic E-state index is 12.0. The number of carbonyl (C=O) groups is 1. The Kier molecular flexibility index (Phi) is 5.90. The quantitative estimate of drug-likeness (QED) is 0.747. The SMILES string of the molecule is Nc1nnc(SCC(=O)NCc2ccc(OC(F)F)cc2)s1. The van der Waals surface area contributed by atoms with Gasteiger partial charge in [-0.2, -0.15) is 8.78 Å². The van der Waals surface area contributed by atoms with Crippen LogP contribution in [0.2, 0.25) is 0 Å². The number of aromatic nitrogens is 2. The summed E-state index contributed by atoms with van der Waals surface area (Å²) >= 11 is 2.46. The maximum Gasteiger partial charge on any atom is 0.387 e. The number of nitrogens with zero attached hydrogens (tertiary/aromatic N) is 2. The first-order valence-electron chi connectivity index (χ1n) is 6.05. The van der Waals surface area contributed by atoms with Gasteiger partial charge in [0.25, 0.3) is 0 Å². The predicted octanol–water partition coefficient (Wildman–Crippen LogP) is 2.13. The van der Waals surface area contributed by atoms with Crippen LogP contribution in [0.3, 0.4) is 0 Å². The molecule has 1 amide bonds. The molecule has 10 heteroatoms. The molecular weight excluding hydrogens is 334 g/mol. The second-order valence-electron chi connectivity index (χ2n) is 3.99. The fourth-order valence-electron chi connectivity index (χ4n) is 1.45. The Morgan fingerprint density at radius 3 is 2.68 bits per heavy atom. The molecule has 0 saturated carbocycles. The maximum atomic E-state index is 12.0. The van der Waals surface area contributed by atoms with Gasteiger partial charge in [-0.25, -0.2) is 0 Å². The van der Waals surface area contributed by atoms with Crippen molar-refractivity contribution in [1.29, 1.82) is 0 Å². The van der Waals surface area contributed by atoms with Crippen molar-refractivity contribution >= 4 is 34.1 Å². The smallest absolute Gasteiger partial charge is 0.387 e. The van der Waals surface area contributed by atoms with Crippen molar-refractivity contribution in [2.24, 2.45) is 0 Å². The number of amides is 1. The molecule has 0 spiro atoms. The van der Waals surface area contributed by atoms with Gasteiger partial charge in [-0.1, -0.05) is 35.2 Å². The summed E-state index contributed by atoms with van der Waals surface area (Å²) in [5.74, 6) is 0.0995. The molecule has 0 aliphatic carbocycles. The van der Waals surface area contributed by atoms with Crippen LogP contribution in [0.5, 0.6) is 5.75 Å². The second-order valence-corrected chi connectivity index (χ2v) is 6.23. The molecule has 3 N–H and O–H groups in total. The zero-order valence-electron chi connectivity index (χ0n) is 11.2. The van der Waals surface area contributed by atoms with E-state index in [2.05, 4.69) is 20.3 Å². The Morgan fingerprint density at radius 2 is 2.09 bits per heavy atom. The molecule has 0 saturated heterocycles. The van der Waals surface area contributed by atoms with Crippen molar-refractivity contribution in [1.82, 2.24) is 15.5 Å². The molecule has 1 heterocycles. The first-order valence-corrected chi connectivity index (χ1v) is 7.85. The van der Waals surface area contributed by atoms with Crippen LogP contribution in [-0.4, -0.2) is 28.5 Å². The van der Waals surface area contributed by atoms with Gasteiger partial charge in [-0.3, -0.25) is 4.79 Å². The number of rotatable bonds is 7. The second kappa shape index (κ2) is 7.90. The normalized spacial score (nSPS) is 10.7. The monoisotopic (exact) mass is 346 g/mol. The molecule has 0 radical (unpaired) electrons. The minimum Gasteiger partial charge on any atom is -0.435 e. The number of thioether (sulfide) groups is 1. The first-order chi connectivity index (χ1) is 10.5. The van der Waals surface area contributed by atoms with E-state index >= 15 is 0 Å². The summed E-state index contributed by atoms with van der Waals surface area (Å²) in [5.41, 5.74) is 6.21. The number of alkyl halides is 2. The number of hydrogen-bond acceptors (Lipinski definition) is 7. The van der Waals surface area contributed by atoms with Gasteiger partial charge in [0, 0.05) is 6.54 Å². The van der Waals surface area contributed by atoms with E-state index in [9.17, 15) is 13.6 Å². The van der Waals surface area contributed by atoms with Crippen LogP contribution < -0.4 is 15.8 Å². The van der Waals surface area contributed by atoms with Gasteiger partial charge in [-0.15, -0.1) is 10.2 Å². The predicted molar refractivity (Wildman–Crippen MR) is 80.0 cm³/mol. The van der Waals surface area contributed by atoms with E-state index in [1.807, 2.05) is 0 Å². The first kappa shape index (κ1) is 16.4. The van der Waals surface area contributed by atoms with Crippen LogP contribution in [0.25, 0.3) is 0 Å². The molecule has 2 aromatic rings. The van der Waals surface area contributed by atoms with Crippen LogP contribution >= 0.6 is 23.1 Å². The number of hydrogen-bond donors (Lipinski definition) is 2. The summed E-state index contributed by atoms with van der Waals surface area (Å²) in [7, 11) is 0. The topological polar surface area (TPSA) is 90.1 Å². The van der Waals surface area contributed by atoms with Crippen molar-refractivity contribution < 1.29 is 18.3 Å². The lowest BCUT2D eigenvalue weighted by Crippen LogP contribution is -2.24. The zero-order valence-corrected chi connectivity index (χ0v) is 12.8. The highest BCUT2D eigenvalue weighted by atomic mass is 32.2. The fourth-order valence-corrected chi connectivity index (χ4v) is 2.91. The van der Waals surface area contributed by atoms with Crippen molar-refractivity contribution in [2.75, 3.05) is 11.5 Å². The number of carbonyl (C=O) groups excluding carboxylic acids is 1. The molecule has 0 fully saturated rings. The van der Waals surface area contributed by atoms with E-state index in [4.69, 9.17) is 5.73 Å². The number of nitrogens with two attached hydrogens (primary N) is 1. The Bertz CT molecular complexity index is 622. The van der Waals surface area contributed by atoms with E-state index in [1.54, 1.807) is 12.1 Å². The minimum absolute atomic E-state index is 0.0782. The van der Waals surface area contributed by atoms with E-state index in [-0.39, 0.29) is 17.4 Å². The lowest BCUT2D eigenvalue weighted by atomic mass is 10.2. The van der Waals surface area contributed by atoms with Crippen LogP contribution in [0, 0.1) is 0 Å². The van der Waals surface area contributed by atoms with Crippen LogP contribution in [0.1, 0.15) is 5.56 Å². The van der Waals surface area contributed by atoms with Gasteiger partial charge in [-0.05, 0) is 17.7 Å². The van der Waals surface area contributed by atoms with Crippen LogP contribution in [0.15, 0.2) is 28.6 Å². The molecule has 2 rings (SSSR count). The summed E-state index contributed by atoms with van der Waals surface area (Å²) in [6.45, 7) is -2.55.